The highest BCUT2D eigenvalue weighted by molar-refractivity contribution is 7.99. The van der Waals surface area contributed by atoms with E-state index in [1.165, 1.54) is 45.0 Å². The van der Waals surface area contributed by atoms with Crippen LogP contribution in [0.4, 0.5) is 0 Å². The van der Waals surface area contributed by atoms with Crippen molar-refractivity contribution in [3.05, 3.63) is 30.4 Å². The second-order valence-electron chi connectivity index (χ2n) is 6.14. The number of hydrogen-bond donors (Lipinski definition) is 1. The van der Waals surface area contributed by atoms with Gasteiger partial charge < -0.3 is 24.3 Å². The van der Waals surface area contributed by atoms with E-state index in [1.54, 1.807) is 19.9 Å². The van der Waals surface area contributed by atoms with Gasteiger partial charge in [0.15, 0.2) is 11.5 Å². The molecule has 1 atom stereocenters. The molecule has 1 unspecified atom stereocenters. The van der Waals surface area contributed by atoms with Crippen LogP contribution in [0.5, 0.6) is 17.2 Å². The summed E-state index contributed by atoms with van der Waals surface area (Å²) in [6.07, 6.45) is 1.40. The predicted molar refractivity (Wildman–Crippen MR) is 111 cm³/mol. The molecule has 0 fully saturated rings. The fourth-order valence-electron chi connectivity index (χ4n) is 2.25. The Kier molecular flexibility index (Phi) is 10.1. The lowest BCUT2D eigenvalue weighted by atomic mass is 10.1. The van der Waals surface area contributed by atoms with Crippen LogP contribution in [0.3, 0.4) is 0 Å². The van der Waals surface area contributed by atoms with E-state index in [1.807, 2.05) is 0 Å². The Morgan fingerprint density at radius 3 is 2.21 bits per heavy atom. The van der Waals surface area contributed by atoms with Crippen LogP contribution >= 0.6 is 11.8 Å². The van der Waals surface area contributed by atoms with Crippen LogP contribution < -0.4 is 19.5 Å². The van der Waals surface area contributed by atoms with Crippen LogP contribution in [-0.2, 0) is 14.3 Å². The van der Waals surface area contributed by atoms with Gasteiger partial charge in [0.1, 0.15) is 6.04 Å². The molecule has 0 spiro atoms. The second kappa shape index (κ2) is 12.0. The SMILES string of the molecule is C=CCSCC(NC(=O)c1cc(OC)c(OC(C)=O)c(OC)c1)C(=O)OC(C)C. The molecule has 0 saturated heterocycles. The Morgan fingerprint density at radius 1 is 1.17 bits per heavy atom. The molecule has 0 aliphatic carbocycles. The number of methoxy groups -OCH3 is 2. The van der Waals surface area contributed by atoms with Gasteiger partial charge >= 0.3 is 11.9 Å². The minimum Gasteiger partial charge on any atom is -0.493 e. The van der Waals surface area contributed by atoms with Crippen molar-refractivity contribution < 1.29 is 33.3 Å². The van der Waals surface area contributed by atoms with E-state index in [2.05, 4.69) is 11.9 Å². The third-order valence-electron chi connectivity index (χ3n) is 3.43. The first-order valence-corrected chi connectivity index (χ1v) is 10.0. The lowest BCUT2D eigenvalue weighted by Crippen LogP contribution is -2.44. The van der Waals surface area contributed by atoms with Crippen molar-refractivity contribution >= 4 is 29.6 Å². The van der Waals surface area contributed by atoms with Crippen LogP contribution in [0.15, 0.2) is 24.8 Å². The average Bonchev–Trinajstić information content (AvgIpc) is 2.66. The molecule has 0 heterocycles. The zero-order chi connectivity index (χ0) is 22.0. The van der Waals surface area contributed by atoms with Gasteiger partial charge in [0.05, 0.1) is 20.3 Å². The van der Waals surface area contributed by atoms with Crippen molar-refractivity contribution in [2.75, 3.05) is 25.7 Å². The molecule has 0 aliphatic heterocycles. The first-order valence-electron chi connectivity index (χ1n) is 8.87. The number of esters is 2. The summed E-state index contributed by atoms with van der Waals surface area (Å²) in [5.41, 5.74) is 0.172. The zero-order valence-electron chi connectivity index (χ0n) is 17.3. The second-order valence-corrected chi connectivity index (χ2v) is 7.22. The third kappa shape index (κ3) is 7.69. The summed E-state index contributed by atoms with van der Waals surface area (Å²) < 4.78 is 20.8. The standard InChI is InChI=1S/C20H27NO7S/c1-7-8-29-11-15(20(24)27-12(2)3)21-19(23)14-9-16(25-5)18(28-13(4)22)17(10-14)26-6/h7,9-10,12,15H,1,8,11H2,2-6H3,(H,21,23). The molecular formula is C20H27NO7S. The first-order chi connectivity index (χ1) is 13.7. The van der Waals surface area contributed by atoms with E-state index >= 15 is 0 Å². The number of carbonyl (C=O) groups excluding carboxylic acids is 3. The summed E-state index contributed by atoms with van der Waals surface area (Å²) in [7, 11) is 2.75. The maximum absolute atomic E-state index is 12.8. The van der Waals surface area contributed by atoms with Gasteiger partial charge in [-0.2, -0.15) is 11.8 Å². The van der Waals surface area contributed by atoms with Gasteiger partial charge in [-0.3, -0.25) is 9.59 Å². The summed E-state index contributed by atoms with van der Waals surface area (Å²) in [5, 5.41) is 2.67. The molecule has 0 bridgehead atoms. The van der Waals surface area contributed by atoms with Crippen molar-refractivity contribution in [3.8, 4) is 17.2 Å². The molecule has 0 saturated carbocycles. The fourth-order valence-corrected chi connectivity index (χ4v) is 3.01. The number of rotatable bonds is 11. The Hall–Kier alpha value is -2.68. The largest absolute Gasteiger partial charge is 0.493 e. The minimum atomic E-state index is -0.847. The molecule has 0 aromatic heterocycles. The van der Waals surface area contributed by atoms with Crippen molar-refractivity contribution in [2.24, 2.45) is 0 Å². The maximum atomic E-state index is 12.8. The van der Waals surface area contributed by atoms with Gasteiger partial charge in [0.25, 0.3) is 5.91 Å². The van der Waals surface area contributed by atoms with Crippen molar-refractivity contribution in [2.45, 2.75) is 32.9 Å². The van der Waals surface area contributed by atoms with E-state index < -0.39 is 23.9 Å². The lowest BCUT2D eigenvalue weighted by molar-refractivity contribution is -0.149. The van der Waals surface area contributed by atoms with Gasteiger partial charge in [0.2, 0.25) is 5.75 Å². The molecule has 1 aromatic rings. The van der Waals surface area contributed by atoms with Gasteiger partial charge in [-0.15, -0.1) is 6.58 Å². The number of benzene rings is 1. The predicted octanol–water partition coefficient (Wildman–Crippen LogP) is 2.60. The normalized spacial score (nSPS) is 11.4. The average molecular weight is 426 g/mol. The molecule has 160 valence electrons. The molecule has 8 nitrogen and oxygen atoms in total. The quantitative estimate of drug-likeness (QED) is 0.250. The number of thioether (sulfide) groups is 1. The Bertz CT molecular complexity index is 723. The number of amides is 1. The monoisotopic (exact) mass is 425 g/mol. The minimum absolute atomic E-state index is 0.0661. The van der Waals surface area contributed by atoms with Gasteiger partial charge in [0, 0.05) is 24.0 Å². The van der Waals surface area contributed by atoms with Crippen LogP contribution in [0, 0.1) is 0 Å². The topological polar surface area (TPSA) is 100 Å². The molecule has 1 rings (SSSR count). The fraction of sp³-hybridized carbons (Fsp3) is 0.450. The number of nitrogens with one attached hydrogen (secondary N) is 1. The van der Waals surface area contributed by atoms with Crippen LogP contribution in [0.2, 0.25) is 0 Å². The lowest BCUT2D eigenvalue weighted by Gasteiger charge is -2.19. The van der Waals surface area contributed by atoms with Crippen molar-refractivity contribution in [1.82, 2.24) is 5.32 Å². The smallest absolute Gasteiger partial charge is 0.329 e. The van der Waals surface area contributed by atoms with E-state index in [0.29, 0.717) is 11.5 Å². The molecule has 9 heteroatoms. The van der Waals surface area contributed by atoms with E-state index in [9.17, 15) is 14.4 Å². The zero-order valence-corrected chi connectivity index (χ0v) is 18.1. The molecule has 1 aromatic carbocycles. The highest BCUT2D eigenvalue weighted by atomic mass is 32.2. The van der Waals surface area contributed by atoms with Crippen LogP contribution in [0.25, 0.3) is 0 Å². The number of ether oxygens (including phenoxy) is 4. The van der Waals surface area contributed by atoms with Crippen LogP contribution in [0.1, 0.15) is 31.1 Å². The summed E-state index contributed by atoms with van der Waals surface area (Å²) >= 11 is 1.44. The van der Waals surface area contributed by atoms with Crippen molar-refractivity contribution in [3.63, 3.8) is 0 Å². The summed E-state index contributed by atoms with van der Waals surface area (Å²) in [6, 6.07) is 1.95. The van der Waals surface area contributed by atoms with Crippen LogP contribution in [-0.4, -0.2) is 55.7 Å². The van der Waals surface area contributed by atoms with E-state index in [-0.39, 0.29) is 28.9 Å². The summed E-state index contributed by atoms with van der Waals surface area (Å²) in [6.45, 7) is 8.35. The van der Waals surface area contributed by atoms with Crippen molar-refractivity contribution in [1.29, 1.82) is 0 Å². The number of carbonyl (C=O) groups is 3. The molecule has 1 amide bonds. The highest BCUT2D eigenvalue weighted by Gasteiger charge is 2.25. The third-order valence-corrected chi connectivity index (χ3v) is 4.47. The van der Waals surface area contributed by atoms with E-state index in [0.717, 1.165) is 0 Å². The highest BCUT2D eigenvalue weighted by Crippen LogP contribution is 2.38. The maximum Gasteiger partial charge on any atom is 0.329 e. The van der Waals surface area contributed by atoms with Gasteiger partial charge in [-0.25, -0.2) is 4.79 Å². The Morgan fingerprint density at radius 2 is 1.76 bits per heavy atom. The molecule has 0 radical (unpaired) electrons. The van der Waals surface area contributed by atoms with Gasteiger partial charge in [-0.05, 0) is 26.0 Å². The molecular weight excluding hydrogens is 398 g/mol. The Labute approximate surface area is 174 Å². The molecule has 0 aliphatic rings. The summed E-state index contributed by atoms with van der Waals surface area (Å²) in [4.78, 5) is 36.5. The Balaban J connectivity index is 3.13. The van der Waals surface area contributed by atoms with E-state index in [4.69, 9.17) is 18.9 Å². The molecule has 29 heavy (non-hydrogen) atoms. The summed E-state index contributed by atoms with van der Waals surface area (Å²) in [5.74, 6) is -0.311. The first kappa shape index (κ1) is 24.4. The number of hydrogen-bond acceptors (Lipinski definition) is 8. The molecule has 1 N–H and O–H groups in total. The van der Waals surface area contributed by atoms with Gasteiger partial charge in [-0.1, -0.05) is 6.08 Å².